The smallest absolute Gasteiger partial charge is 0.145 e. The number of hydrogen-bond donors (Lipinski definition) is 1. The Morgan fingerprint density at radius 2 is 2.39 bits per heavy atom. The van der Waals surface area contributed by atoms with Crippen molar-refractivity contribution in [2.45, 2.75) is 26.7 Å². The fraction of sp³-hybridized carbons (Fsp3) is 0.571. The van der Waals surface area contributed by atoms with Gasteiger partial charge < -0.3 is 5.32 Å². The molecule has 0 aliphatic carbocycles. The van der Waals surface area contributed by atoms with Crippen LogP contribution in [0.5, 0.6) is 0 Å². The molecule has 4 heteroatoms. The highest BCUT2D eigenvalue weighted by atomic mass is 35.5. The van der Waals surface area contributed by atoms with Crippen LogP contribution in [0.3, 0.4) is 0 Å². The number of nitrogens with one attached hydrogen (secondary N) is 1. The number of Topliss-reactive ketones (excluding diaryl/α,β-unsaturated/α-hetero) is 1. The third-order valence-corrected chi connectivity index (χ3v) is 4.40. The number of rotatable bonds is 4. The summed E-state index contributed by atoms with van der Waals surface area (Å²) in [6.07, 6.45) is 4.61. The molecule has 2 heterocycles. The van der Waals surface area contributed by atoms with Crippen molar-refractivity contribution in [1.29, 1.82) is 0 Å². The van der Waals surface area contributed by atoms with Crippen molar-refractivity contribution < 1.29 is 4.79 Å². The fourth-order valence-electron chi connectivity index (χ4n) is 2.66. The van der Waals surface area contributed by atoms with E-state index in [1.54, 1.807) is 12.4 Å². The molecular formula is C14H19ClN2O. The molecule has 1 aliphatic rings. The molecule has 1 unspecified atom stereocenters. The Morgan fingerprint density at radius 3 is 2.94 bits per heavy atom. The lowest BCUT2D eigenvalue weighted by Gasteiger charge is -2.31. The molecular weight excluding hydrogens is 248 g/mol. The Bertz CT molecular complexity index is 439. The van der Waals surface area contributed by atoms with Gasteiger partial charge in [-0.25, -0.2) is 0 Å². The molecule has 1 fully saturated rings. The van der Waals surface area contributed by atoms with E-state index in [2.05, 4.69) is 24.1 Å². The largest absolute Gasteiger partial charge is 0.316 e. The third kappa shape index (κ3) is 2.43. The zero-order valence-electron chi connectivity index (χ0n) is 10.9. The molecule has 18 heavy (non-hydrogen) atoms. The second-order valence-corrected chi connectivity index (χ2v) is 5.71. The molecule has 2 rings (SSSR count). The molecule has 1 aromatic rings. The molecule has 0 spiro atoms. The molecule has 0 bridgehead atoms. The average Bonchev–Trinajstić information content (AvgIpc) is 2.82. The van der Waals surface area contributed by atoms with Crippen molar-refractivity contribution in [2.24, 2.45) is 11.3 Å². The number of nitrogens with zero attached hydrogens (tertiary/aromatic N) is 1. The summed E-state index contributed by atoms with van der Waals surface area (Å²) in [4.78, 5) is 16.6. The lowest BCUT2D eigenvalue weighted by molar-refractivity contribution is -0.129. The van der Waals surface area contributed by atoms with Crippen LogP contribution in [0.4, 0.5) is 0 Å². The van der Waals surface area contributed by atoms with Crippen LogP contribution in [-0.4, -0.2) is 23.9 Å². The first-order valence-electron chi connectivity index (χ1n) is 6.38. The van der Waals surface area contributed by atoms with E-state index in [1.807, 2.05) is 6.07 Å². The second-order valence-electron chi connectivity index (χ2n) is 5.30. The standard InChI is InChI=1S/C14H19ClN2O/c1-10(2)14(4-6-17-9-14)13(18)7-11-3-5-16-8-12(11)15/h3,5,8,10,17H,4,6-7,9H2,1-2H3. The van der Waals surface area contributed by atoms with E-state index < -0.39 is 0 Å². The number of hydrogen-bond acceptors (Lipinski definition) is 3. The van der Waals surface area contributed by atoms with Gasteiger partial charge in [-0.05, 0) is 30.5 Å². The van der Waals surface area contributed by atoms with E-state index >= 15 is 0 Å². The van der Waals surface area contributed by atoms with E-state index in [0.717, 1.165) is 25.1 Å². The topological polar surface area (TPSA) is 42.0 Å². The van der Waals surface area contributed by atoms with E-state index in [4.69, 9.17) is 11.6 Å². The number of halogens is 1. The van der Waals surface area contributed by atoms with E-state index in [9.17, 15) is 4.79 Å². The van der Waals surface area contributed by atoms with Gasteiger partial charge in [0.1, 0.15) is 5.78 Å². The summed E-state index contributed by atoms with van der Waals surface area (Å²) in [6.45, 7) is 5.96. The molecule has 98 valence electrons. The van der Waals surface area contributed by atoms with Crippen LogP contribution >= 0.6 is 11.6 Å². The van der Waals surface area contributed by atoms with Gasteiger partial charge in [0.25, 0.3) is 0 Å². The van der Waals surface area contributed by atoms with Crippen LogP contribution in [0.2, 0.25) is 5.02 Å². The van der Waals surface area contributed by atoms with Crippen molar-refractivity contribution in [2.75, 3.05) is 13.1 Å². The van der Waals surface area contributed by atoms with Crippen LogP contribution in [-0.2, 0) is 11.2 Å². The average molecular weight is 267 g/mol. The van der Waals surface area contributed by atoms with Crippen molar-refractivity contribution in [3.05, 3.63) is 29.0 Å². The first-order chi connectivity index (χ1) is 8.56. The fourth-order valence-corrected chi connectivity index (χ4v) is 2.85. The zero-order valence-corrected chi connectivity index (χ0v) is 11.6. The summed E-state index contributed by atoms with van der Waals surface area (Å²) >= 11 is 6.07. The maximum Gasteiger partial charge on any atom is 0.145 e. The molecule has 1 saturated heterocycles. The van der Waals surface area contributed by atoms with Crippen molar-refractivity contribution in [1.82, 2.24) is 10.3 Å². The van der Waals surface area contributed by atoms with Gasteiger partial charge in [-0.2, -0.15) is 0 Å². The summed E-state index contributed by atoms with van der Waals surface area (Å²) in [7, 11) is 0. The van der Waals surface area contributed by atoms with Gasteiger partial charge in [-0.3, -0.25) is 9.78 Å². The highest BCUT2D eigenvalue weighted by molar-refractivity contribution is 6.31. The minimum atomic E-state index is -0.230. The normalized spacial score (nSPS) is 23.6. The van der Waals surface area contributed by atoms with Gasteiger partial charge in [-0.15, -0.1) is 0 Å². The van der Waals surface area contributed by atoms with Gasteiger partial charge in [0.2, 0.25) is 0 Å². The van der Waals surface area contributed by atoms with Crippen molar-refractivity contribution in [3.8, 4) is 0 Å². The zero-order chi connectivity index (χ0) is 13.2. The third-order valence-electron chi connectivity index (χ3n) is 4.06. The van der Waals surface area contributed by atoms with Gasteiger partial charge in [0.15, 0.2) is 0 Å². The maximum atomic E-state index is 12.6. The molecule has 0 radical (unpaired) electrons. The van der Waals surface area contributed by atoms with Crippen molar-refractivity contribution >= 4 is 17.4 Å². The van der Waals surface area contributed by atoms with Crippen LogP contribution in [0.25, 0.3) is 0 Å². The summed E-state index contributed by atoms with van der Waals surface area (Å²) < 4.78 is 0. The van der Waals surface area contributed by atoms with Crippen LogP contribution in [0.1, 0.15) is 25.8 Å². The summed E-state index contributed by atoms with van der Waals surface area (Å²) in [5.74, 6) is 0.635. The summed E-state index contributed by atoms with van der Waals surface area (Å²) in [5, 5.41) is 3.89. The predicted molar refractivity (Wildman–Crippen MR) is 72.7 cm³/mol. The highest BCUT2D eigenvalue weighted by Crippen LogP contribution is 2.36. The quantitative estimate of drug-likeness (QED) is 0.910. The minimum Gasteiger partial charge on any atom is -0.316 e. The van der Waals surface area contributed by atoms with Gasteiger partial charge in [0, 0.05) is 30.8 Å². The number of ketones is 1. The Kier molecular flexibility index (Phi) is 4.03. The first kappa shape index (κ1) is 13.5. The van der Waals surface area contributed by atoms with Crippen molar-refractivity contribution in [3.63, 3.8) is 0 Å². The Morgan fingerprint density at radius 1 is 1.61 bits per heavy atom. The molecule has 3 nitrogen and oxygen atoms in total. The lowest BCUT2D eigenvalue weighted by atomic mass is 9.71. The van der Waals surface area contributed by atoms with Crippen LogP contribution in [0.15, 0.2) is 18.5 Å². The Hall–Kier alpha value is -0.930. The number of carbonyl (C=O) groups excluding carboxylic acids is 1. The molecule has 0 aromatic carbocycles. The molecule has 0 saturated carbocycles. The van der Waals surface area contributed by atoms with E-state index in [1.165, 1.54) is 0 Å². The highest BCUT2D eigenvalue weighted by Gasteiger charge is 2.43. The number of carbonyl (C=O) groups is 1. The van der Waals surface area contributed by atoms with E-state index in [0.29, 0.717) is 17.4 Å². The number of aromatic nitrogens is 1. The van der Waals surface area contributed by atoms with Gasteiger partial charge >= 0.3 is 0 Å². The monoisotopic (exact) mass is 266 g/mol. The van der Waals surface area contributed by atoms with Gasteiger partial charge in [0.05, 0.1) is 5.02 Å². The predicted octanol–water partition coefficient (Wildman–Crippen LogP) is 2.48. The minimum absolute atomic E-state index is 0.230. The Balaban J connectivity index is 2.19. The SMILES string of the molecule is CC(C)C1(C(=O)Cc2ccncc2Cl)CCNC1. The Labute approximate surface area is 113 Å². The molecule has 1 aromatic heterocycles. The molecule has 1 atom stereocenters. The summed E-state index contributed by atoms with van der Waals surface area (Å²) in [6, 6.07) is 1.83. The number of pyridine rings is 1. The maximum absolute atomic E-state index is 12.6. The summed E-state index contributed by atoms with van der Waals surface area (Å²) in [5.41, 5.74) is 0.649. The van der Waals surface area contributed by atoms with Crippen LogP contribution < -0.4 is 5.32 Å². The molecule has 1 aliphatic heterocycles. The van der Waals surface area contributed by atoms with Crippen LogP contribution in [0, 0.1) is 11.3 Å². The van der Waals surface area contributed by atoms with Gasteiger partial charge in [-0.1, -0.05) is 25.4 Å². The molecule has 1 N–H and O–H groups in total. The molecule has 0 amide bonds. The first-order valence-corrected chi connectivity index (χ1v) is 6.76. The lowest BCUT2D eigenvalue weighted by Crippen LogP contribution is -2.39. The van der Waals surface area contributed by atoms with E-state index in [-0.39, 0.29) is 11.2 Å². The second kappa shape index (κ2) is 5.37.